The summed E-state index contributed by atoms with van der Waals surface area (Å²) in [4.78, 5) is 25.7. The van der Waals surface area contributed by atoms with Gasteiger partial charge in [0.15, 0.2) is 0 Å². The van der Waals surface area contributed by atoms with Crippen molar-refractivity contribution < 1.29 is 8.78 Å². The number of aromatic amines is 1. The Morgan fingerprint density at radius 3 is 2.54 bits per heavy atom. The molecule has 3 heterocycles. The molecule has 1 saturated heterocycles. The van der Waals surface area contributed by atoms with Crippen LogP contribution in [0.25, 0.3) is 11.4 Å². The lowest BCUT2D eigenvalue weighted by Gasteiger charge is -2.31. The molecule has 1 aliphatic rings. The van der Waals surface area contributed by atoms with E-state index in [-0.39, 0.29) is 11.5 Å². The number of nitrogens with zero attached hydrogens (tertiary/aromatic N) is 3. The summed E-state index contributed by atoms with van der Waals surface area (Å²) in [6, 6.07) is 8.87. The number of rotatable bonds is 4. The van der Waals surface area contributed by atoms with Gasteiger partial charge in [0.1, 0.15) is 17.5 Å². The molecule has 2 aromatic heterocycles. The van der Waals surface area contributed by atoms with Gasteiger partial charge in [-0.25, -0.2) is 13.8 Å². The van der Waals surface area contributed by atoms with E-state index in [1.54, 1.807) is 18.5 Å². The second kappa shape index (κ2) is 7.98. The van der Waals surface area contributed by atoms with Gasteiger partial charge in [0, 0.05) is 48.1 Å². The van der Waals surface area contributed by atoms with Crippen molar-refractivity contribution in [2.45, 2.75) is 25.3 Å². The second-order valence-electron chi connectivity index (χ2n) is 7.04. The van der Waals surface area contributed by atoms with E-state index >= 15 is 0 Å². The average molecular weight is 382 g/mol. The van der Waals surface area contributed by atoms with Gasteiger partial charge in [-0.1, -0.05) is 6.07 Å². The summed E-state index contributed by atoms with van der Waals surface area (Å²) >= 11 is 0. The lowest BCUT2D eigenvalue weighted by molar-refractivity contribution is 0.201. The highest BCUT2D eigenvalue weighted by atomic mass is 19.1. The van der Waals surface area contributed by atoms with Crippen LogP contribution in [-0.4, -0.2) is 32.9 Å². The number of H-pyrrole nitrogens is 1. The van der Waals surface area contributed by atoms with Crippen molar-refractivity contribution in [3.63, 3.8) is 0 Å². The zero-order valence-electron chi connectivity index (χ0n) is 15.2. The van der Waals surface area contributed by atoms with Gasteiger partial charge in [-0.05, 0) is 44.1 Å². The molecule has 144 valence electrons. The van der Waals surface area contributed by atoms with Crippen LogP contribution in [0.1, 0.15) is 30.0 Å². The molecule has 1 aromatic carbocycles. The fourth-order valence-corrected chi connectivity index (χ4v) is 3.61. The van der Waals surface area contributed by atoms with E-state index in [9.17, 15) is 13.6 Å². The molecular weight excluding hydrogens is 362 g/mol. The minimum absolute atomic E-state index is 0.173. The Kier molecular flexibility index (Phi) is 5.25. The van der Waals surface area contributed by atoms with Crippen molar-refractivity contribution in [3.05, 3.63) is 82.0 Å². The maximum Gasteiger partial charge on any atom is 0.251 e. The maximum absolute atomic E-state index is 13.9. The molecule has 0 spiro atoms. The summed E-state index contributed by atoms with van der Waals surface area (Å²) in [5, 5.41) is 0. The Bertz CT molecular complexity index is 1010. The first-order valence-electron chi connectivity index (χ1n) is 9.26. The van der Waals surface area contributed by atoms with E-state index in [4.69, 9.17) is 0 Å². The SMILES string of the molecule is O=c1cc(C2CCN(Cc3ccc(F)cc3F)CC2)nc(-c2ccncc2)[nH]1. The lowest BCUT2D eigenvalue weighted by Crippen LogP contribution is -2.33. The van der Waals surface area contributed by atoms with Crippen molar-refractivity contribution in [2.24, 2.45) is 0 Å². The highest BCUT2D eigenvalue weighted by molar-refractivity contribution is 5.53. The van der Waals surface area contributed by atoms with Gasteiger partial charge >= 0.3 is 0 Å². The molecule has 0 bridgehead atoms. The summed E-state index contributed by atoms with van der Waals surface area (Å²) in [5.41, 5.74) is 1.92. The number of hydrogen-bond donors (Lipinski definition) is 1. The van der Waals surface area contributed by atoms with Crippen LogP contribution >= 0.6 is 0 Å². The van der Waals surface area contributed by atoms with Crippen molar-refractivity contribution in [2.75, 3.05) is 13.1 Å². The first-order valence-corrected chi connectivity index (χ1v) is 9.26. The monoisotopic (exact) mass is 382 g/mol. The first kappa shape index (κ1) is 18.4. The van der Waals surface area contributed by atoms with Crippen LogP contribution in [0.3, 0.4) is 0 Å². The van der Waals surface area contributed by atoms with Crippen molar-refractivity contribution >= 4 is 0 Å². The van der Waals surface area contributed by atoms with Gasteiger partial charge in [-0.2, -0.15) is 0 Å². The highest BCUT2D eigenvalue weighted by Gasteiger charge is 2.23. The van der Waals surface area contributed by atoms with Crippen LogP contribution in [0.15, 0.2) is 53.6 Å². The predicted molar refractivity (Wildman–Crippen MR) is 102 cm³/mol. The van der Waals surface area contributed by atoms with Crippen LogP contribution < -0.4 is 5.56 Å². The van der Waals surface area contributed by atoms with Crippen LogP contribution in [0.4, 0.5) is 8.78 Å². The number of halogens is 2. The number of piperidine rings is 1. The Balaban J connectivity index is 1.45. The molecule has 4 rings (SSSR count). The largest absolute Gasteiger partial charge is 0.307 e. The summed E-state index contributed by atoms with van der Waals surface area (Å²) in [6.07, 6.45) is 4.98. The molecule has 0 aliphatic carbocycles. The van der Waals surface area contributed by atoms with E-state index in [1.807, 2.05) is 12.1 Å². The highest BCUT2D eigenvalue weighted by Crippen LogP contribution is 2.28. The first-order chi connectivity index (χ1) is 13.6. The van der Waals surface area contributed by atoms with Crippen LogP contribution in [-0.2, 0) is 6.54 Å². The van der Waals surface area contributed by atoms with Gasteiger partial charge in [-0.15, -0.1) is 0 Å². The number of likely N-dealkylation sites (tertiary alicyclic amines) is 1. The number of benzene rings is 1. The lowest BCUT2D eigenvalue weighted by atomic mass is 9.93. The Labute approximate surface area is 161 Å². The molecule has 0 radical (unpaired) electrons. The third-order valence-electron chi connectivity index (χ3n) is 5.13. The Morgan fingerprint density at radius 2 is 1.82 bits per heavy atom. The van der Waals surface area contributed by atoms with Crippen LogP contribution in [0.5, 0.6) is 0 Å². The number of nitrogens with one attached hydrogen (secondary N) is 1. The molecule has 28 heavy (non-hydrogen) atoms. The smallest absolute Gasteiger partial charge is 0.251 e. The molecular formula is C21H20F2N4O. The van der Waals surface area contributed by atoms with Gasteiger partial charge in [0.05, 0.1) is 5.69 Å². The van der Waals surface area contributed by atoms with Gasteiger partial charge in [0.2, 0.25) is 0 Å². The quantitative estimate of drug-likeness (QED) is 0.750. The molecule has 0 unspecified atom stereocenters. The fraction of sp³-hybridized carbons (Fsp3) is 0.286. The van der Waals surface area contributed by atoms with E-state index in [2.05, 4.69) is 19.9 Å². The minimum atomic E-state index is -0.565. The molecule has 1 N–H and O–H groups in total. The van der Waals surface area contributed by atoms with Crippen LogP contribution in [0, 0.1) is 11.6 Å². The summed E-state index contributed by atoms with van der Waals surface area (Å²) in [7, 11) is 0. The maximum atomic E-state index is 13.9. The van der Waals surface area contributed by atoms with E-state index < -0.39 is 11.6 Å². The minimum Gasteiger partial charge on any atom is -0.307 e. The summed E-state index contributed by atoms with van der Waals surface area (Å²) in [6.45, 7) is 1.98. The third-order valence-corrected chi connectivity index (χ3v) is 5.13. The standard InChI is InChI=1S/C21H20F2N4O/c22-17-2-1-16(18(23)11-17)13-27-9-5-14(6-10-27)19-12-20(28)26-21(25-19)15-3-7-24-8-4-15/h1-4,7-8,11-12,14H,5-6,9-10,13H2,(H,25,26,28). The van der Waals surface area contributed by atoms with Gasteiger partial charge < -0.3 is 4.98 Å². The zero-order valence-corrected chi connectivity index (χ0v) is 15.2. The van der Waals surface area contributed by atoms with E-state index in [0.29, 0.717) is 17.9 Å². The molecule has 5 nitrogen and oxygen atoms in total. The van der Waals surface area contributed by atoms with Crippen LogP contribution in [0.2, 0.25) is 0 Å². The molecule has 0 atom stereocenters. The topological polar surface area (TPSA) is 61.9 Å². The third kappa shape index (κ3) is 4.14. The Hall–Kier alpha value is -2.93. The molecule has 3 aromatic rings. The van der Waals surface area contributed by atoms with Gasteiger partial charge in [0.25, 0.3) is 5.56 Å². The number of aromatic nitrogens is 3. The Morgan fingerprint density at radius 1 is 1.07 bits per heavy atom. The molecule has 0 amide bonds. The van der Waals surface area contributed by atoms with E-state index in [1.165, 1.54) is 12.1 Å². The predicted octanol–water partition coefficient (Wildman–Crippen LogP) is 3.49. The molecule has 1 fully saturated rings. The van der Waals surface area contributed by atoms with Crippen molar-refractivity contribution in [3.8, 4) is 11.4 Å². The van der Waals surface area contributed by atoms with Crippen molar-refractivity contribution in [1.29, 1.82) is 0 Å². The number of pyridine rings is 1. The number of hydrogen-bond acceptors (Lipinski definition) is 4. The molecule has 7 heteroatoms. The molecule has 1 aliphatic heterocycles. The van der Waals surface area contributed by atoms with Gasteiger partial charge in [-0.3, -0.25) is 14.7 Å². The van der Waals surface area contributed by atoms with E-state index in [0.717, 1.165) is 43.3 Å². The summed E-state index contributed by atoms with van der Waals surface area (Å²) < 4.78 is 26.9. The second-order valence-corrected chi connectivity index (χ2v) is 7.04. The zero-order chi connectivity index (χ0) is 19.5. The average Bonchev–Trinajstić information content (AvgIpc) is 2.71. The fourth-order valence-electron chi connectivity index (χ4n) is 3.61. The van der Waals surface area contributed by atoms with Crippen molar-refractivity contribution in [1.82, 2.24) is 19.9 Å². The normalized spacial score (nSPS) is 15.6. The summed E-state index contributed by atoms with van der Waals surface area (Å²) in [5.74, 6) is -0.358. The molecule has 0 saturated carbocycles.